The Hall–Kier alpha value is -4.31. The molecule has 9 nitrogen and oxygen atoms in total. The first kappa shape index (κ1) is 24.8. The fourth-order valence-corrected chi connectivity index (χ4v) is 3.88. The van der Waals surface area contributed by atoms with Crippen LogP contribution in [0.25, 0.3) is 11.0 Å². The van der Waals surface area contributed by atoms with Crippen molar-refractivity contribution in [1.29, 1.82) is 0 Å². The molecular weight excluding hydrogens is 478 g/mol. The second kappa shape index (κ2) is 11.9. The molecule has 2 amide bonds. The number of methoxy groups -OCH3 is 1. The van der Waals surface area contributed by atoms with Gasteiger partial charge in [-0.25, -0.2) is 10.4 Å². The van der Waals surface area contributed by atoms with Crippen molar-refractivity contribution in [3.8, 4) is 11.5 Å². The number of nitrogens with zero attached hydrogens (tertiary/aromatic N) is 2. The number of amides is 2. The standard InChI is InChI=1S/C26H25N5O4S/c1-17-7-10-19(11-8-17)28-24(32)15-35-22-12-9-18(13-23(22)34-2)14-27-31-25(33)16-36-26-29-20-5-3-4-6-21(20)30-26/h3-14H,15-16H2,1-2H3,(H,28,32)(H,29,30)(H,31,33)/b27-14+. The number of aromatic amines is 1. The third-order valence-electron chi connectivity index (χ3n) is 4.99. The number of carbonyl (C=O) groups excluding carboxylic acids is 2. The largest absolute Gasteiger partial charge is 0.493 e. The Labute approximate surface area is 212 Å². The molecule has 0 spiro atoms. The highest BCUT2D eigenvalue weighted by molar-refractivity contribution is 7.99. The molecule has 0 unspecified atom stereocenters. The van der Waals surface area contributed by atoms with E-state index in [-0.39, 0.29) is 24.2 Å². The maximum absolute atomic E-state index is 12.2. The van der Waals surface area contributed by atoms with Crippen molar-refractivity contribution >= 4 is 46.5 Å². The lowest BCUT2D eigenvalue weighted by Crippen LogP contribution is -2.20. The Morgan fingerprint density at radius 1 is 1.06 bits per heavy atom. The third-order valence-corrected chi connectivity index (χ3v) is 5.87. The first-order chi connectivity index (χ1) is 17.5. The van der Waals surface area contributed by atoms with Gasteiger partial charge in [0.2, 0.25) is 0 Å². The second-order valence-corrected chi connectivity index (χ2v) is 8.72. The average Bonchev–Trinajstić information content (AvgIpc) is 3.31. The van der Waals surface area contributed by atoms with Crippen LogP contribution in [0, 0.1) is 6.92 Å². The minimum atomic E-state index is -0.283. The zero-order valence-corrected chi connectivity index (χ0v) is 20.6. The van der Waals surface area contributed by atoms with E-state index in [9.17, 15) is 9.59 Å². The van der Waals surface area contributed by atoms with Gasteiger partial charge in [0.25, 0.3) is 11.8 Å². The Balaban J connectivity index is 1.25. The number of para-hydroxylation sites is 2. The van der Waals surface area contributed by atoms with E-state index in [0.29, 0.717) is 27.9 Å². The van der Waals surface area contributed by atoms with Gasteiger partial charge >= 0.3 is 0 Å². The van der Waals surface area contributed by atoms with Gasteiger partial charge in [-0.15, -0.1) is 0 Å². The summed E-state index contributed by atoms with van der Waals surface area (Å²) >= 11 is 1.30. The summed E-state index contributed by atoms with van der Waals surface area (Å²) in [4.78, 5) is 31.9. The van der Waals surface area contributed by atoms with Crippen LogP contribution in [0.1, 0.15) is 11.1 Å². The number of imidazole rings is 1. The van der Waals surface area contributed by atoms with Crippen LogP contribution in [0.15, 0.2) is 77.0 Å². The summed E-state index contributed by atoms with van der Waals surface area (Å²) in [6, 6.07) is 20.3. The molecule has 4 aromatic rings. The quantitative estimate of drug-likeness (QED) is 0.170. The lowest BCUT2D eigenvalue weighted by Gasteiger charge is -2.11. The van der Waals surface area contributed by atoms with Gasteiger partial charge in [-0.1, -0.05) is 41.6 Å². The molecule has 0 bridgehead atoms. The van der Waals surface area contributed by atoms with E-state index < -0.39 is 0 Å². The van der Waals surface area contributed by atoms with Crippen LogP contribution in [0.4, 0.5) is 5.69 Å². The number of ether oxygens (including phenoxy) is 2. The van der Waals surface area contributed by atoms with Gasteiger partial charge < -0.3 is 19.8 Å². The van der Waals surface area contributed by atoms with Gasteiger partial charge in [0.15, 0.2) is 23.3 Å². The Kier molecular flexibility index (Phi) is 8.20. The molecule has 0 aliphatic rings. The van der Waals surface area contributed by atoms with Crippen molar-refractivity contribution < 1.29 is 19.1 Å². The molecule has 4 rings (SSSR count). The molecule has 10 heteroatoms. The van der Waals surface area contributed by atoms with E-state index in [0.717, 1.165) is 16.6 Å². The smallest absolute Gasteiger partial charge is 0.262 e. The molecule has 0 atom stereocenters. The molecule has 184 valence electrons. The van der Waals surface area contributed by atoms with Crippen molar-refractivity contribution in [2.75, 3.05) is 24.8 Å². The minimum Gasteiger partial charge on any atom is -0.493 e. The van der Waals surface area contributed by atoms with Crippen LogP contribution >= 0.6 is 11.8 Å². The fourth-order valence-electron chi connectivity index (χ4n) is 3.20. The highest BCUT2D eigenvalue weighted by Gasteiger charge is 2.10. The number of aromatic nitrogens is 2. The molecule has 3 aromatic carbocycles. The van der Waals surface area contributed by atoms with Crippen molar-refractivity contribution in [1.82, 2.24) is 15.4 Å². The van der Waals surface area contributed by atoms with Gasteiger partial charge in [-0.3, -0.25) is 9.59 Å². The van der Waals surface area contributed by atoms with Crippen LogP contribution in [-0.2, 0) is 9.59 Å². The van der Waals surface area contributed by atoms with Gasteiger partial charge in [-0.2, -0.15) is 5.10 Å². The first-order valence-electron chi connectivity index (χ1n) is 11.1. The predicted molar refractivity (Wildman–Crippen MR) is 141 cm³/mol. The zero-order valence-electron chi connectivity index (χ0n) is 19.8. The Morgan fingerprint density at radius 2 is 1.86 bits per heavy atom. The average molecular weight is 504 g/mol. The van der Waals surface area contributed by atoms with Crippen LogP contribution in [0.2, 0.25) is 0 Å². The summed E-state index contributed by atoms with van der Waals surface area (Å²) in [7, 11) is 1.51. The van der Waals surface area contributed by atoms with Crippen LogP contribution in [0.3, 0.4) is 0 Å². The Bertz CT molecular complexity index is 1350. The molecule has 0 fully saturated rings. The molecule has 0 radical (unpaired) electrons. The van der Waals surface area contributed by atoms with Crippen LogP contribution < -0.4 is 20.2 Å². The number of nitrogens with one attached hydrogen (secondary N) is 3. The summed E-state index contributed by atoms with van der Waals surface area (Å²) in [6.45, 7) is 1.81. The summed E-state index contributed by atoms with van der Waals surface area (Å²) in [5.74, 6) is 0.476. The topological polar surface area (TPSA) is 118 Å². The van der Waals surface area contributed by atoms with Crippen LogP contribution in [-0.4, -0.2) is 47.5 Å². The van der Waals surface area contributed by atoms with E-state index in [4.69, 9.17) is 9.47 Å². The summed E-state index contributed by atoms with van der Waals surface area (Å²) in [5, 5.41) is 7.45. The molecule has 3 N–H and O–H groups in total. The Morgan fingerprint density at radius 3 is 2.64 bits per heavy atom. The summed E-state index contributed by atoms with van der Waals surface area (Å²) in [5.41, 5.74) is 6.77. The number of rotatable bonds is 10. The van der Waals surface area contributed by atoms with Gasteiger partial charge in [0, 0.05) is 5.69 Å². The van der Waals surface area contributed by atoms with Crippen molar-refractivity contribution in [3.05, 3.63) is 77.9 Å². The number of H-pyrrole nitrogens is 1. The molecule has 1 heterocycles. The fraction of sp³-hybridized carbons (Fsp3) is 0.154. The minimum absolute atomic E-state index is 0.165. The van der Waals surface area contributed by atoms with Gasteiger partial charge in [-0.05, 0) is 55.0 Å². The van der Waals surface area contributed by atoms with E-state index in [1.165, 1.54) is 25.1 Å². The van der Waals surface area contributed by atoms with Gasteiger partial charge in [0.05, 0.1) is 30.1 Å². The maximum atomic E-state index is 12.2. The van der Waals surface area contributed by atoms with Gasteiger partial charge in [0.1, 0.15) is 0 Å². The zero-order chi connectivity index (χ0) is 25.3. The van der Waals surface area contributed by atoms with E-state index in [1.807, 2.05) is 55.5 Å². The van der Waals surface area contributed by atoms with Crippen molar-refractivity contribution in [2.45, 2.75) is 12.1 Å². The second-order valence-electron chi connectivity index (χ2n) is 7.75. The number of hydrogen-bond donors (Lipinski definition) is 3. The first-order valence-corrected chi connectivity index (χ1v) is 12.1. The highest BCUT2D eigenvalue weighted by Crippen LogP contribution is 2.27. The number of fused-ring (bicyclic) bond motifs is 1. The predicted octanol–water partition coefficient (Wildman–Crippen LogP) is 4.14. The summed E-state index contributed by atoms with van der Waals surface area (Å²) in [6.07, 6.45) is 1.50. The number of thioether (sulfide) groups is 1. The molecule has 0 saturated carbocycles. The molecule has 1 aromatic heterocycles. The number of benzene rings is 3. The molecule has 0 saturated heterocycles. The monoisotopic (exact) mass is 503 g/mol. The SMILES string of the molecule is COc1cc(/C=N/NC(=O)CSc2nc3ccccc3[nH]2)ccc1OCC(=O)Nc1ccc(C)cc1. The normalized spacial score (nSPS) is 10.9. The summed E-state index contributed by atoms with van der Waals surface area (Å²) < 4.78 is 11.0. The van der Waals surface area contributed by atoms with Crippen molar-refractivity contribution in [3.63, 3.8) is 0 Å². The number of hydrazone groups is 1. The lowest BCUT2D eigenvalue weighted by molar-refractivity contribution is -0.119. The highest BCUT2D eigenvalue weighted by atomic mass is 32.2. The van der Waals surface area contributed by atoms with Crippen molar-refractivity contribution in [2.24, 2.45) is 5.10 Å². The molecular formula is C26H25N5O4S. The van der Waals surface area contributed by atoms with Crippen LogP contribution in [0.5, 0.6) is 11.5 Å². The molecule has 0 aliphatic carbocycles. The number of aryl methyl sites for hydroxylation is 1. The van der Waals surface area contributed by atoms with E-state index >= 15 is 0 Å². The number of hydrogen-bond acceptors (Lipinski definition) is 7. The molecule has 0 aliphatic heterocycles. The third kappa shape index (κ3) is 6.86. The number of anilines is 1. The number of carbonyl (C=O) groups is 2. The lowest BCUT2D eigenvalue weighted by atomic mass is 10.2. The van der Waals surface area contributed by atoms with E-state index in [1.54, 1.807) is 18.2 Å². The van der Waals surface area contributed by atoms with E-state index in [2.05, 4.69) is 25.8 Å². The molecule has 36 heavy (non-hydrogen) atoms. The maximum Gasteiger partial charge on any atom is 0.262 e.